The number of hydrogen-bond donors (Lipinski definition) is 0. The van der Waals surface area contributed by atoms with Gasteiger partial charge in [-0.25, -0.2) is 0 Å². The van der Waals surface area contributed by atoms with Gasteiger partial charge in [-0.2, -0.15) is 0 Å². The van der Waals surface area contributed by atoms with Crippen molar-refractivity contribution in [2.24, 2.45) is 5.92 Å². The van der Waals surface area contributed by atoms with Gasteiger partial charge in [0.2, 0.25) is 0 Å². The summed E-state index contributed by atoms with van der Waals surface area (Å²) in [6.45, 7) is 3.58. The molecule has 0 N–H and O–H groups in total. The second kappa shape index (κ2) is 2.62. The topological polar surface area (TPSA) is 17.1 Å². The fraction of sp³-hybridized carbons (Fsp3) is 0.375. The van der Waals surface area contributed by atoms with Crippen molar-refractivity contribution in [1.82, 2.24) is 0 Å². The summed E-state index contributed by atoms with van der Waals surface area (Å²) in [6, 6.07) is 0. The zero-order valence-electron chi connectivity index (χ0n) is 5.34. The third-order valence-electron chi connectivity index (χ3n) is 1.58. The highest BCUT2D eigenvalue weighted by Gasteiger charge is 2.13. The van der Waals surface area contributed by atoms with E-state index in [1.165, 1.54) is 0 Å². The smallest absolute Gasteiger partial charge is 0.162 e. The summed E-state index contributed by atoms with van der Waals surface area (Å²) in [5, 5.41) is 0. The fourth-order valence-corrected chi connectivity index (χ4v) is 0.975. The van der Waals surface area contributed by atoms with E-state index in [2.05, 4.69) is 6.58 Å². The first-order chi connectivity index (χ1) is 4.34. The molecule has 48 valence electrons. The quantitative estimate of drug-likeness (QED) is 0.484. The molecule has 0 fully saturated rings. The second-order valence-corrected chi connectivity index (χ2v) is 2.22. The van der Waals surface area contributed by atoms with Gasteiger partial charge in [-0.1, -0.05) is 12.2 Å². The highest BCUT2D eigenvalue weighted by molar-refractivity contribution is 5.93. The van der Waals surface area contributed by atoms with Gasteiger partial charge < -0.3 is 0 Å². The van der Waals surface area contributed by atoms with E-state index >= 15 is 0 Å². The van der Waals surface area contributed by atoms with Crippen LogP contribution in [0.25, 0.3) is 0 Å². The first-order valence-electron chi connectivity index (χ1n) is 3.17. The molecule has 1 unspecified atom stereocenters. The molecule has 1 aliphatic carbocycles. The number of allylic oxidation sites excluding steroid dienone is 3. The number of carbonyl (C=O) groups is 1. The lowest BCUT2D eigenvalue weighted by Gasteiger charge is -2.10. The van der Waals surface area contributed by atoms with E-state index < -0.39 is 0 Å². The van der Waals surface area contributed by atoms with Crippen LogP contribution in [-0.4, -0.2) is 5.78 Å². The van der Waals surface area contributed by atoms with Crippen LogP contribution >= 0.6 is 0 Å². The van der Waals surface area contributed by atoms with Gasteiger partial charge in [-0.15, -0.1) is 6.58 Å². The van der Waals surface area contributed by atoms with E-state index in [4.69, 9.17) is 0 Å². The number of rotatable bonds is 1. The Hall–Kier alpha value is -0.850. The Morgan fingerprint density at radius 1 is 1.78 bits per heavy atom. The Balaban J connectivity index is 2.65. The first-order valence-corrected chi connectivity index (χ1v) is 3.17. The van der Waals surface area contributed by atoms with E-state index in [1.807, 2.05) is 6.08 Å². The van der Waals surface area contributed by atoms with Gasteiger partial charge in [0.15, 0.2) is 5.78 Å². The summed E-state index contributed by atoms with van der Waals surface area (Å²) >= 11 is 0. The van der Waals surface area contributed by atoms with Crippen LogP contribution in [0.1, 0.15) is 12.8 Å². The predicted molar refractivity (Wildman–Crippen MR) is 37.1 cm³/mol. The maximum absolute atomic E-state index is 10.9. The van der Waals surface area contributed by atoms with Crippen molar-refractivity contribution in [2.45, 2.75) is 12.8 Å². The molecule has 0 spiro atoms. The molecule has 1 heteroatoms. The molecule has 1 atom stereocenters. The SMILES string of the molecule is C=CC1CCC=CC1=O. The third-order valence-corrected chi connectivity index (χ3v) is 1.58. The van der Waals surface area contributed by atoms with Crippen molar-refractivity contribution in [3.63, 3.8) is 0 Å². The lowest BCUT2D eigenvalue weighted by molar-refractivity contribution is -0.117. The van der Waals surface area contributed by atoms with Gasteiger partial charge in [0.05, 0.1) is 0 Å². The van der Waals surface area contributed by atoms with Gasteiger partial charge in [0.1, 0.15) is 0 Å². The number of ketones is 1. The Morgan fingerprint density at radius 3 is 3.00 bits per heavy atom. The van der Waals surface area contributed by atoms with E-state index in [0.29, 0.717) is 0 Å². The normalized spacial score (nSPS) is 26.2. The molecule has 0 aliphatic heterocycles. The maximum atomic E-state index is 10.9. The largest absolute Gasteiger partial charge is 0.294 e. The van der Waals surface area contributed by atoms with Crippen LogP contribution in [-0.2, 0) is 4.79 Å². The molecule has 1 rings (SSSR count). The molecular weight excluding hydrogens is 112 g/mol. The van der Waals surface area contributed by atoms with Crippen molar-refractivity contribution in [3.05, 3.63) is 24.8 Å². The molecule has 1 aliphatic rings. The fourth-order valence-electron chi connectivity index (χ4n) is 0.975. The van der Waals surface area contributed by atoms with E-state index in [9.17, 15) is 4.79 Å². The molecule has 0 heterocycles. The Labute approximate surface area is 55.1 Å². The van der Waals surface area contributed by atoms with Crippen LogP contribution in [0.2, 0.25) is 0 Å². The summed E-state index contributed by atoms with van der Waals surface area (Å²) < 4.78 is 0. The second-order valence-electron chi connectivity index (χ2n) is 2.22. The highest BCUT2D eigenvalue weighted by atomic mass is 16.1. The molecule has 0 bridgehead atoms. The zero-order valence-corrected chi connectivity index (χ0v) is 5.34. The molecule has 0 aromatic heterocycles. The molecule has 0 saturated heterocycles. The van der Waals surface area contributed by atoms with Crippen LogP contribution < -0.4 is 0 Å². The Morgan fingerprint density at radius 2 is 2.56 bits per heavy atom. The van der Waals surface area contributed by atoms with Crippen LogP contribution in [0.15, 0.2) is 24.8 Å². The minimum Gasteiger partial charge on any atom is -0.294 e. The molecule has 1 nitrogen and oxygen atoms in total. The van der Waals surface area contributed by atoms with Gasteiger partial charge in [-0.3, -0.25) is 4.79 Å². The third kappa shape index (κ3) is 1.28. The summed E-state index contributed by atoms with van der Waals surface area (Å²) in [4.78, 5) is 10.9. The zero-order chi connectivity index (χ0) is 6.69. The van der Waals surface area contributed by atoms with Crippen molar-refractivity contribution >= 4 is 5.78 Å². The van der Waals surface area contributed by atoms with Gasteiger partial charge in [0, 0.05) is 5.92 Å². The van der Waals surface area contributed by atoms with Crippen molar-refractivity contribution in [3.8, 4) is 0 Å². The maximum Gasteiger partial charge on any atom is 0.162 e. The first kappa shape index (κ1) is 6.27. The standard InChI is InChI=1S/C8H10O/c1-2-7-5-3-4-6-8(7)9/h2,4,6-7H,1,3,5H2. The summed E-state index contributed by atoms with van der Waals surface area (Å²) in [7, 11) is 0. The summed E-state index contributed by atoms with van der Waals surface area (Å²) in [6.07, 6.45) is 7.26. The van der Waals surface area contributed by atoms with Crippen LogP contribution in [0.4, 0.5) is 0 Å². The van der Waals surface area contributed by atoms with E-state index in [-0.39, 0.29) is 11.7 Å². The average molecular weight is 122 g/mol. The van der Waals surface area contributed by atoms with Gasteiger partial charge >= 0.3 is 0 Å². The van der Waals surface area contributed by atoms with Gasteiger partial charge in [-0.05, 0) is 18.9 Å². The van der Waals surface area contributed by atoms with Gasteiger partial charge in [0.25, 0.3) is 0 Å². The predicted octanol–water partition coefficient (Wildman–Crippen LogP) is 1.71. The molecule has 0 aromatic carbocycles. The molecular formula is C8H10O. The molecule has 0 radical (unpaired) electrons. The Bertz CT molecular complexity index is 156. The number of carbonyl (C=O) groups excluding carboxylic acids is 1. The lowest BCUT2D eigenvalue weighted by atomic mass is 9.94. The number of hydrogen-bond acceptors (Lipinski definition) is 1. The van der Waals surface area contributed by atoms with Crippen LogP contribution in [0.3, 0.4) is 0 Å². The lowest BCUT2D eigenvalue weighted by Crippen LogP contribution is -2.11. The average Bonchev–Trinajstić information content (AvgIpc) is 1.89. The highest BCUT2D eigenvalue weighted by Crippen LogP contribution is 2.14. The monoisotopic (exact) mass is 122 g/mol. The molecule has 9 heavy (non-hydrogen) atoms. The molecule has 0 aromatic rings. The van der Waals surface area contributed by atoms with Crippen molar-refractivity contribution in [1.29, 1.82) is 0 Å². The van der Waals surface area contributed by atoms with E-state index in [1.54, 1.807) is 12.2 Å². The van der Waals surface area contributed by atoms with Crippen molar-refractivity contribution < 1.29 is 4.79 Å². The van der Waals surface area contributed by atoms with Crippen LogP contribution in [0.5, 0.6) is 0 Å². The molecule has 0 amide bonds. The minimum atomic E-state index is 0.0926. The van der Waals surface area contributed by atoms with E-state index in [0.717, 1.165) is 12.8 Å². The molecule has 0 saturated carbocycles. The minimum absolute atomic E-state index is 0.0926. The summed E-state index contributed by atoms with van der Waals surface area (Å²) in [5.74, 6) is 0.297. The van der Waals surface area contributed by atoms with Crippen molar-refractivity contribution in [2.75, 3.05) is 0 Å². The summed E-state index contributed by atoms with van der Waals surface area (Å²) in [5.41, 5.74) is 0. The van der Waals surface area contributed by atoms with Crippen LogP contribution in [0, 0.1) is 5.92 Å². The Kier molecular flexibility index (Phi) is 1.83.